The number of nitrogens with one attached hydrogen (secondary N) is 2. The normalized spacial score (nSPS) is 14.9. The van der Waals surface area contributed by atoms with Gasteiger partial charge in [0.1, 0.15) is 0 Å². The largest absolute Gasteiger partial charge is 0.353 e. The van der Waals surface area contributed by atoms with Crippen LogP contribution in [-0.4, -0.2) is 48.8 Å². The van der Waals surface area contributed by atoms with Gasteiger partial charge in [-0.05, 0) is 37.1 Å². The molecule has 1 saturated heterocycles. The van der Waals surface area contributed by atoms with Crippen LogP contribution in [0.1, 0.15) is 36.0 Å². The Morgan fingerprint density at radius 3 is 2.50 bits per heavy atom. The zero-order valence-corrected chi connectivity index (χ0v) is 14.3. The summed E-state index contributed by atoms with van der Waals surface area (Å²) in [6.45, 7) is 1.37. The number of nitrogens with zero attached hydrogens (tertiary/aromatic N) is 1. The van der Waals surface area contributed by atoms with Crippen molar-refractivity contribution >= 4 is 29.3 Å². The first kappa shape index (κ1) is 18.3. The highest BCUT2D eigenvalue weighted by molar-refractivity contribution is 6.30. The van der Waals surface area contributed by atoms with Gasteiger partial charge in [0.15, 0.2) is 0 Å². The van der Waals surface area contributed by atoms with Gasteiger partial charge in [0.05, 0.1) is 6.54 Å². The topological polar surface area (TPSA) is 78.5 Å². The second kappa shape index (κ2) is 9.27. The van der Waals surface area contributed by atoms with Crippen molar-refractivity contribution in [2.24, 2.45) is 0 Å². The molecule has 1 aromatic rings. The van der Waals surface area contributed by atoms with E-state index >= 15 is 0 Å². The Labute approximate surface area is 146 Å². The summed E-state index contributed by atoms with van der Waals surface area (Å²) in [4.78, 5) is 37.2. The van der Waals surface area contributed by atoms with Crippen molar-refractivity contribution in [2.75, 3.05) is 26.2 Å². The van der Waals surface area contributed by atoms with Crippen molar-refractivity contribution in [1.82, 2.24) is 15.5 Å². The van der Waals surface area contributed by atoms with E-state index in [0.29, 0.717) is 36.6 Å². The quantitative estimate of drug-likeness (QED) is 0.764. The van der Waals surface area contributed by atoms with Gasteiger partial charge in [-0.1, -0.05) is 18.0 Å². The van der Waals surface area contributed by atoms with Gasteiger partial charge in [-0.3, -0.25) is 14.4 Å². The van der Waals surface area contributed by atoms with Crippen molar-refractivity contribution in [3.05, 3.63) is 34.9 Å². The molecule has 6 nitrogen and oxygen atoms in total. The number of halogens is 1. The number of rotatable bonds is 6. The molecule has 0 unspecified atom stereocenters. The highest BCUT2D eigenvalue weighted by Crippen LogP contribution is 2.10. The molecule has 0 radical (unpaired) electrons. The first-order valence-electron chi connectivity index (χ1n) is 8.14. The van der Waals surface area contributed by atoms with E-state index < -0.39 is 0 Å². The van der Waals surface area contributed by atoms with Gasteiger partial charge in [0.25, 0.3) is 5.91 Å². The average Bonchev–Trinajstić information content (AvgIpc) is 2.77. The summed E-state index contributed by atoms with van der Waals surface area (Å²) in [6.07, 6.45) is 3.38. The van der Waals surface area contributed by atoms with E-state index in [2.05, 4.69) is 10.6 Å². The first-order valence-corrected chi connectivity index (χ1v) is 8.52. The maximum atomic E-state index is 11.9. The fraction of sp³-hybridized carbons (Fsp3) is 0.471. The second-order valence-corrected chi connectivity index (χ2v) is 6.18. The SMILES string of the molecule is O=C(CN1CCCCCC1=O)NCCNC(=O)c1ccc(Cl)cc1. The molecule has 0 atom stereocenters. The van der Waals surface area contributed by atoms with Crippen molar-refractivity contribution < 1.29 is 14.4 Å². The molecule has 2 N–H and O–H groups in total. The number of carbonyl (C=O) groups is 3. The molecule has 1 aromatic carbocycles. The van der Waals surface area contributed by atoms with Gasteiger partial charge in [-0.2, -0.15) is 0 Å². The molecule has 1 fully saturated rings. The zero-order chi connectivity index (χ0) is 17.4. The van der Waals surface area contributed by atoms with E-state index in [4.69, 9.17) is 11.6 Å². The lowest BCUT2D eigenvalue weighted by Crippen LogP contribution is -2.42. The molecular weight excluding hydrogens is 330 g/mol. The van der Waals surface area contributed by atoms with Gasteiger partial charge in [0.2, 0.25) is 11.8 Å². The molecule has 7 heteroatoms. The predicted molar refractivity (Wildman–Crippen MR) is 91.8 cm³/mol. The van der Waals surface area contributed by atoms with Crippen LogP contribution in [0.15, 0.2) is 24.3 Å². The van der Waals surface area contributed by atoms with Crippen molar-refractivity contribution in [3.63, 3.8) is 0 Å². The maximum Gasteiger partial charge on any atom is 0.251 e. The van der Waals surface area contributed by atoms with E-state index in [1.807, 2.05) is 0 Å². The lowest BCUT2D eigenvalue weighted by atomic mass is 10.2. The van der Waals surface area contributed by atoms with E-state index in [-0.39, 0.29) is 24.3 Å². The Hall–Kier alpha value is -2.08. The Morgan fingerprint density at radius 2 is 1.75 bits per heavy atom. The van der Waals surface area contributed by atoms with Crippen LogP contribution >= 0.6 is 11.6 Å². The highest BCUT2D eigenvalue weighted by Gasteiger charge is 2.18. The standard InChI is InChI=1S/C17H22ClN3O3/c18-14-7-5-13(6-8-14)17(24)20-10-9-19-15(22)12-21-11-3-1-2-4-16(21)23/h5-8H,1-4,9-12H2,(H,19,22)(H,20,24). The number of carbonyl (C=O) groups excluding carboxylic acids is 3. The summed E-state index contributed by atoms with van der Waals surface area (Å²) < 4.78 is 0. The molecule has 0 saturated carbocycles. The van der Waals surface area contributed by atoms with Gasteiger partial charge >= 0.3 is 0 Å². The average molecular weight is 352 g/mol. The minimum atomic E-state index is -0.219. The second-order valence-electron chi connectivity index (χ2n) is 5.74. The molecule has 0 aromatic heterocycles. The number of amides is 3. The molecule has 3 amide bonds. The van der Waals surface area contributed by atoms with Crippen molar-refractivity contribution in [1.29, 1.82) is 0 Å². The lowest BCUT2D eigenvalue weighted by molar-refractivity contribution is -0.135. The molecule has 1 heterocycles. The third-order valence-corrected chi connectivity index (χ3v) is 4.10. The molecule has 0 spiro atoms. The molecular formula is C17H22ClN3O3. The van der Waals surface area contributed by atoms with Crippen LogP contribution in [0.3, 0.4) is 0 Å². The highest BCUT2D eigenvalue weighted by atomic mass is 35.5. The van der Waals surface area contributed by atoms with Crippen LogP contribution in [0.4, 0.5) is 0 Å². The third kappa shape index (κ3) is 5.85. The van der Waals surface area contributed by atoms with Crippen LogP contribution in [0, 0.1) is 0 Å². The summed E-state index contributed by atoms with van der Waals surface area (Å²) in [6, 6.07) is 6.58. The van der Waals surface area contributed by atoms with Crippen molar-refractivity contribution in [2.45, 2.75) is 25.7 Å². The summed E-state index contributed by atoms with van der Waals surface area (Å²) >= 11 is 5.77. The molecule has 1 aliphatic rings. The maximum absolute atomic E-state index is 11.9. The summed E-state index contributed by atoms with van der Waals surface area (Å²) in [5.41, 5.74) is 0.515. The monoisotopic (exact) mass is 351 g/mol. The summed E-state index contributed by atoms with van der Waals surface area (Å²) in [7, 11) is 0. The third-order valence-electron chi connectivity index (χ3n) is 3.84. The molecule has 2 rings (SSSR count). The number of hydrogen-bond acceptors (Lipinski definition) is 3. The molecule has 1 aliphatic heterocycles. The van der Waals surface area contributed by atoms with Crippen LogP contribution in [0.25, 0.3) is 0 Å². The summed E-state index contributed by atoms with van der Waals surface area (Å²) in [5, 5.41) is 6.01. The minimum Gasteiger partial charge on any atom is -0.353 e. The fourth-order valence-electron chi connectivity index (χ4n) is 2.52. The van der Waals surface area contributed by atoms with E-state index in [1.54, 1.807) is 29.2 Å². The van der Waals surface area contributed by atoms with Crippen LogP contribution < -0.4 is 10.6 Å². The Morgan fingerprint density at radius 1 is 1.04 bits per heavy atom. The minimum absolute atomic E-state index is 0.0405. The van der Waals surface area contributed by atoms with Gasteiger partial charge < -0.3 is 15.5 Å². The van der Waals surface area contributed by atoms with E-state index in [9.17, 15) is 14.4 Å². The van der Waals surface area contributed by atoms with E-state index in [1.165, 1.54) is 0 Å². The fourth-order valence-corrected chi connectivity index (χ4v) is 2.64. The Bertz CT molecular complexity index is 589. The Balaban J connectivity index is 1.66. The molecule has 24 heavy (non-hydrogen) atoms. The number of likely N-dealkylation sites (tertiary alicyclic amines) is 1. The van der Waals surface area contributed by atoms with Crippen LogP contribution in [0.5, 0.6) is 0 Å². The number of hydrogen-bond donors (Lipinski definition) is 2. The van der Waals surface area contributed by atoms with Gasteiger partial charge in [-0.25, -0.2) is 0 Å². The van der Waals surface area contributed by atoms with Crippen molar-refractivity contribution in [3.8, 4) is 0 Å². The number of benzene rings is 1. The van der Waals surface area contributed by atoms with Gasteiger partial charge in [-0.15, -0.1) is 0 Å². The lowest BCUT2D eigenvalue weighted by Gasteiger charge is -2.19. The van der Waals surface area contributed by atoms with Gasteiger partial charge in [0, 0.05) is 36.6 Å². The van der Waals surface area contributed by atoms with Crippen LogP contribution in [-0.2, 0) is 9.59 Å². The zero-order valence-electron chi connectivity index (χ0n) is 13.5. The first-order chi connectivity index (χ1) is 11.6. The van der Waals surface area contributed by atoms with Crippen LogP contribution in [0.2, 0.25) is 5.02 Å². The molecule has 0 aliphatic carbocycles. The molecule has 130 valence electrons. The smallest absolute Gasteiger partial charge is 0.251 e. The predicted octanol–water partition coefficient (Wildman–Crippen LogP) is 1.59. The summed E-state index contributed by atoms with van der Waals surface area (Å²) in [5.74, 6) is -0.381. The Kier molecular flexibility index (Phi) is 7.06. The molecule has 0 bridgehead atoms. The van der Waals surface area contributed by atoms with E-state index in [0.717, 1.165) is 19.3 Å².